The largest absolute Gasteiger partial charge is 0.207 e. The molecule has 0 amide bonds. The number of hydrogen-bond acceptors (Lipinski definition) is 0. The van der Waals surface area contributed by atoms with E-state index in [0.29, 0.717) is 11.1 Å². The Morgan fingerprint density at radius 1 is 0.514 bits per heavy atom. The molecule has 3 rings (SSSR count). The van der Waals surface area contributed by atoms with Gasteiger partial charge in [0.2, 0.25) is 0 Å². The van der Waals surface area contributed by atoms with Crippen LogP contribution in [-0.2, 0) is 12.8 Å². The van der Waals surface area contributed by atoms with Crippen molar-refractivity contribution in [3.8, 4) is 23.7 Å². The molecule has 2 heteroatoms. The van der Waals surface area contributed by atoms with Crippen LogP contribution in [0.15, 0.2) is 60.7 Å². The van der Waals surface area contributed by atoms with E-state index in [-0.39, 0.29) is 11.6 Å². The zero-order valence-electron chi connectivity index (χ0n) is 22.3. The van der Waals surface area contributed by atoms with Gasteiger partial charge in [-0.25, -0.2) is 8.78 Å². The summed E-state index contributed by atoms with van der Waals surface area (Å²) in [6, 6.07) is 18.1. The molecule has 3 aromatic rings. The molecule has 0 aliphatic heterocycles. The van der Waals surface area contributed by atoms with Gasteiger partial charge in [-0.05, 0) is 85.3 Å². The molecule has 0 bridgehead atoms. The van der Waals surface area contributed by atoms with Crippen LogP contribution >= 0.6 is 0 Å². The van der Waals surface area contributed by atoms with Gasteiger partial charge < -0.3 is 0 Å². The van der Waals surface area contributed by atoms with Crippen LogP contribution < -0.4 is 0 Å². The molecule has 0 nitrogen and oxygen atoms in total. The van der Waals surface area contributed by atoms with Gasteiger partial charge in [0.25, 0.3) is 0 Å². The van der Waals surface area contributed by atoms with Crippen LogP contribution in [-0.4, -0.2) is 0 Å². The van der Waals surface area contributed by atoms with E-state index in [2.05, 4.69) is 37.5 Å². The smallest absolute Gasteiger partial charge is 0.139 e. The Hall–Kier alpha value is -3.36. The lowest BCUT2D eigenvalue weighted by Crippen LogP contribution is -1.92. The van der Waals surface area contributed by atoms with Crippen LogP contribution in [0.25, 0.3) is 0 Å². The third kappa shape index (κ3) is 9.90. The molecule has 0 N–H and O–H groups in total. The van der Waals surface area contributed by atoms with E-state index in [1.807, 2.05) is 42.5 Å². The van der Waals surface area contributed by atoms with Gasteiger partial charge >= 0.3 is 0 Å². The fourth-order valence-corrected chi connectivity index (χ4v) is 4.24. The fraction of sp³-hybridized carbons (Fsp3) is 0.371. The van der Waals surface area contributed by atoms with Gasteiger partial charge in [-0.1, -0.05) is 94.6 Å². The Labute approximate surface area is 222 Å². The lowest BCUT2D eigenvalue weighted by atomic mass is 10.0. The van der Waals surface area contributed by atoms with Gasteiger partial charge in [0.1, 0.15) is 11.6 Å². The molecule has 37 heavy (non-hydrogen) atoms. The third-order valence-corrected chi connectivity index (χ3v) is 6.53. The average molecular weight is 497 g/mol. The first-order chi connectivity index (χ1) is 18.1. The highest BCUT2D eigenvalue weighted by molar-refractivity contribution is 5.48. The van der Waals surface area contributed by atoms with Crippen LogP contribution in [0.4, 0.5) is 8.78 Å². The van der Waals surface area contributed by atoms with E-state index in [0.717, 1.165) is 54.4 Å². The maximum atomic E-state index is 14.5. The number of halogens is 2. The summed E-state index contributed by atoms with van der Waals surface area (Å²) in [7, 11) is 0. The van der Waals surface area contributed by atoms with E-state index >= 15 is 0 Å². The van der Waals surface area contributed by atoms with Gasteiger partial charge in [-0.3, -0.25) is 0 Å². The maximum absolute atomic E-state index is 14.5. The Bertz CT molecular complexity index is 1250. The Kier molecular flexibility index (Phi) is 12.0. The van der Waals surface area contributed by atoms with Gasteiger partial charge in [0.15, 0.2) is 0 Å². The number of unbranched alkanes of at least 4 members (excludes halogenated alkanes) is 7. The molecule has 0 saturated carbocycles. The second kappa shape index (κ2) is 15.7. The zero-order chi connectivity index (χ0) is 26.3. The van der Waals surface area contributed by atoms with E-state index in [4.69, 9.17) is 0 Å². The number of rotatable bonds is 11. The molecule has 0 atom stereocenters. The Morgan fingerprint density at radius 2 is 1.08 bits per heavy atom. The first kappa shape index (κ1) is 28.2. The number of benzene rings is 3. The van der Waals surface area contributed by atoms with Gasteiger partial charge in [0.05, 0.1) is 5.56 Å². The van der Waals surface area contributed by atoms with Gasteiger partial charge in [-0.2, -0.15) is 0 Å². The average Bonchev–Trinajstić information content (AvgIpc) is 2.91. The van der Waals surface area contributed by atoms with E-state index < -0.39 is 0 Å². The SMILES string of the molecule is CCCCCCCc1ccc(C#Cc2ccc(C#Cc3ccc(CCCCCC)cc3F)cc2)cc1F. The summed E-state index contributed by atoms with van der Waals surface area (Å²) in [5.41, 5.74) is 4.49. The predicted molar refractivity (Wildman–Crippen MR) is 152 cm³/mol. The minimum Gasteiger partial charge on any atom is -0.207 e. The summed E-state index contributed by atoms with van der Waals surface area (Å²) in [6.07, 6.45) is 12.2. The number of hydrogen-bond donors (Lipinski definition) is 0. The molecule has 0 aliphatic rings. The third-order valence-electron chi connectivity index (χ3n) is 6.53. The summed E-state index contributed by atoms with van der Waals surface area (Å²) < 4.78 is 28.9. The first-order valence-electron chi connectivity index (χ1n) is 13.8. The fourth-order valence-electron chi connectivity index (χ4n) is 4.24. The van der Waals surface area contributed by atoms with Gasteiger partial charge in [-0.15, -0.1) is 0 Å². The molecule has 0 unspecified atom stereocenters. The van der Waals surface area contributed by atoms with Crippen molar-refractivity contribution in [3.63, 3.8) is 0 Å². The zero-order valence-corrected chi connectivity index (χ0v) is 22.3. The van der Waals surface area contributed by atoms with Crippen molar-refractivity contribution in [2.75, 3.05) is 0 Å². The van der Waals surface area contributed by atoms with Crippen LogP contribution in [0.5, 0.6) is 0 Å². The molecular weight excluding hydrogens is 458 g/mol. The van der Waals surface area contributed by atoms with E-state index in [1.165, 1.54) is 44.6 Å². The van der Waals surface area contributed by atoms with Crippen molar-refractivity contribution in [1.82, 2.24) is 0 Å². The van der Waals surface area contributed by atoms with Crippen LogP contribution in [0.3, 0.4) is 0 Å². The Balaban J connectivity index is 1.56. The molecular formula is C35H38F2. The maximum Gasteiger partial charge on any atom is 0.139 e. The highest BCUT2D eigenvalue weighted by Gasteiger charge is 2.04. The van der Waals surface area contributed by atoms with Crippen LogP contribution in [0, 0.1) is 35.3 Å². The molecule has 0 spiro atoms. The molecule has 0 heterocycles. The first-order valence-corrected chi connectivity index (χ1v) is 13.8. The standard InChI is InChI=1S/C35H38F2/c1-3-5-7-9-11-13-32-24-22-31(27-34(32)36)19-18-28-14-16-29(17-15-28)20-23-33-25-21-30(26-35(33)37)12-10-8-6-4-2/h14-17,21-22,24-27H,3-13H2,1-2H3. The highest BCUT2D eigenvalue weighted by atomic mass is 19.1. The molecule has 0 aromatic heterocycles. The number of aryl methyl sites for hydroxylation is 2. The van der Waals surface area contributed by atoms with Crippen molar-refractivity contribution in [1.29, 1.82) is 0 Å². The summed E-state index contributed by atoms with van der Waals surface area (Å²) in [6.45, 7) is 4.38. The molecule has 0 aliphatic carbocycles. The van der Waals surface area contributed by atoms with Crippen molar-refractivity contribution in [3.05, 3.63) is 106 Å². The van der Waals surface area contributed by atoms with Crippen molar-refractivity contribution in [2.45, 2.75) is 84.5 Å². The second-order valence-electron chi connectivity index (χ2n) is 9.67. The summed E-state index contributed by atoms with van der Waals surface area (Å²) in [5.74, 6) is 11.7. The summed E-state index contributed by atoms with van der Waals surface area (Å²) >= 11 is 0. The summed E-state index contributed by atoms with van der Waals surface area (Å²) in [4.78, 5) is 0. The molecule has 3 aromatic carbocycles. The molecule has 0 radical (unpaired) electrons. The van der Waals surface area contributed by atoms with Crippen molar-refractivity contribution in [2.24, 2.45) is 0 Å². The lowest BCUT2D eigenvalue weighted by Gasteiger charge is -2.04. The van der Waals surface area contributed by atoms with Crippen LogP contribution in [0.1, 0.15) is 105 Å². The highest BCUT2D eigenvalue weighted by Crippen LogP contribution is 2.15. The van der Waals surface area contributed by atoms with Crippen molar-refractivity contribution < 1.29 is 8.78 Å². The molecule has 0 saturated heterocycles. The minimum atomic E-state index is -0.266. The molecule has 0 fully saturated rings. The summed E-state index contributed by atoms with van der Waals surface area (Å²) in [5, 5.41) is 0. The topological polar surface area (TPSA) is 0 Å². The van der Waals surface area contributed by atoms with Crippen LogP contribution in [0.2, 0.25) is 0 Å². The predicted octanol–water partition coefficient (Wildman–Crippen LogP) is 9.40. The second-order valence-corrected chi connectivity index (χ2v) is 9.67. The Morgan fingerprint density at radius 3 is 1.73 bits per heavy atom. The lowest BCUT2D eigenvalue weighted by molar-refractivity contribution is 0.587. The van der Waals surface area contributed by atoms with E-state index in [9.17, 15) is 8.78 Å². The normalized spacial score (nSPS) is 10.4. The van der Waals surface area contributed by atoms with Crippen molar-refractivity contribution >= 4 is 0 Å². The minimum absolute atomic E-state index is 0.176. The quantitative estimate of drug-likeness (QED) is 0.183. The molecule has 192 valence electrons. The van der Waals surface area contributed by atoms with E-state index in [1.54, 1.807) is 12.1 Å². The van der Waals surface area contributed by atoms with Gasteiger partial charge in [0, 0.05) is 16.7 Å². The monoisotopic (exact) mass is 496 g/mol.